The minimum Gasteiger partial charge on any atom is -0.366 e. The van der Waals surface area contributed by atoms with E-state index in [2.05, 4.69) is 5.32 Å². The summed E-state index contributed by atoms with van der Waals surface area (Å²) >= 11 is 0. The lowest BCUT2D eigenvalue weighted by molar-refractivity contribution is -0.126. The van der Waals surface area contributed by atoms with E-state index in [1.807, 2.05) is 19.9 Å². The molecule has 5 nitrogen and oxygen atoms in total. The van der Waals surface area contributed by atoms with E-state index in [0.29, 0.717) is 11.1 Å². The molecule has 0 heterocycles. The van der Waals surface area contributed by atoms with Gasteiger partial charge in [0.25, 0.3) is 5.91 Å². The van der Waals surface area contributed by atoms with Crippen molar-refractivity contribution in [3.8, 4) is 11.1 Å². The highest BCUT2D eigenvalue weighted by Gasteiger charge is 2.31. The lowest BCUT2D eigenvalue weighted by atomic mass is 9.90. The van der Waals surface area contributed by atoms with E-state index < -0.39 is 11.4 Å². The van der Waals surface area contributed by atoms with Crippen LogP contribution < -0.4 is 11.1 Å². The van der Waals surface area contributed by atoms with Crippen LogP contribution in [0.4, 0.5) is 0 Å². The Morgan fingerprint density at radius 2 is 1.54 bits per heavy atom. The zero-order chi connectivity index (χ0) is 19.5. The summed E-state index contributed by atoms with van der Waals surface area (Å²) in [7, 11) is 0. The van der Waals surface area contributed by atoms with Gasteiger partial charge in [0.15, 0.2) is 5.78 Å². The molecule has 2 aromatic carbocycles. The Bertz CT molecular complexity index is 837. The van der Waals surface area contributed by atoms with Crippen LogP contribution in [0, 0.1) is 5.92 Å². The molecule has 3 N–H and O–H groups in total. The van der Waals surface area contributed by atoms with Crippen LogP contribution in [-0.2, 0) is 4.79 Å². The van der Waals surface area contributed by atoms with Crippen molar-refractivity contribution in [1.29, 1.82) is 0 Å². The molecular weight excluding hydrogens is 328 g/mol. The number of carbonyl (C=O) groups excluding carboxylic acids is 3. The van der Waals surface area contributed by atoms with Crippen LogP contribution in [0.2, 0.25) is 0 Å². The molecule has 0 aliphatic rings. The number of hydrogen-bond acceptors (Lipinski definition) is 3. The van der Waals surface area contributed by atoms with Crippen molar-refractivity contribution in [2.24, 2.45) is 11.7 Å². The first-order valence-electron chi connectivity index (χ1n) is 8.49. The molecule has 0 aliphatic carbocycles. The minimum atomic E-state index is -0.940. The van der Waals surface area contributed by atoms with Crippen LogP contribution in [-0.4, -0.2) is 23.1 Å². The summed E-state index contributed by atoms with van der Waals surface area (Å²) < 4.78 is 0. The molecule has 0 bridgehead atoms. The van der Waals surface area contributed by atoms with Gasteiger partial charge in [-0.05, 0) is 49.2 Å². The van der Waals surface area contributed by atoms with Crippen molar-refractivity contribution < 1.29 is 14.4 Å². The van der Waals surface area contributed by atoms with Gasteiger partial charge < -0.3 is 11.1 Å². The summed E-state index contributed by atoms with van der Waals surface area (Å²) in [4.78, 5) is 36.0. The first kappa shape index (κ1) is 19.4. The maximum absolute atomic E-state index is 12.6. The summed E-state index contributed by atoms with van der Waals surface area (Å²) in [6.07, 6.45) is 0. The predicted octanol–water partition coefficient (Wildman–Crippen LogP) is 3.19. The monoisotopic (exact) mass is 352 g/mol. The molecule has 0 saturated carbocycles. The number of nitrogens with one attached hydrogen (secondary N) is 1. The van der Waals surface area contributed by atoms with Crippen molar-refractivity contribution in [2.75, 3.05) is 0 Å². The van der Waals surface area contributed by atoms with Gasteiger partial charge in [-0.2, -0.15) is 0 Å². The zero-order valence-electron chi connectivity index (χ0n) is 15.5. The number of ketones is 1. The molecule has 0 spiro atoms. The maximum Gasteiger partial charge on any atom is 0.252 e. The lowest BCUT2D eigenvalue weighted by Crippen LogP contribution is -2.51. The third-order valence-corrected chi connectivity index (χ3v) is 4.19. The zero-order valence-corrected chi connectivity index (χ0v) is 15.5. The number of nitrogens with two attached hydrogens (primary N) is 1. The number of rotatable bonds is 6. The van der Waals surface area contributed by atoms with Crippen LogP contribution in [0.5, 0.6) is 0 Å². The second-order valence-corrected chi connectivity index (χ2v) is 7.12. The van der Waals surface area contributed by atoms with Crippen molar-refractivity contribution in [3.05, 3.63) is 59.7 Å². The highest BCUT2D eigenvalue weighted by Crippen LogP contribution is 2.22. The van der Waals surface area contributed by atoms with E-state index in [1.165, 1.54) is 0 Å². The quantitative estimate of drug-likeness (QED) is 0.837. The second-order valence-electron chi connectivity index (χ2n) is 7.12. The molecule has 136 valence electrons. The van der Waals surface area contributed by atoms with Gasteiger partial charge in [-0.3, -0.25) is 14.4 Å². The Kier molecular flexibility index (Phi) is 5.60. The van der Waals surface area contributed by atoms with E-state index in [9.17, 15) is 14.4 Å². The van der Waals surface area contributed by atoms with E-state index in [4.69, 9.17) is 5.73 Å². The summed E-state index contributed by atoms with van der Waals surface area (Å²) in [6.45, 7) is 7.04. The van der Waals surface area contributed by atoms with Crippen molar-refractivity contribution >= 4 is 17.6 Å². The molecular formula is C21H24N2O3. The van der Waals surface area contributed by atoms with Gasteiger partial charge in [-0.15, -0.1) is 0 Å². The molecule has 0 aliphatic heterocycles. The number of amides is 2. The Hall–Kier alpha value is -2.95. The smallest absolute Gasteiger partial charge is 0.252 e. The Balaban J connectivity index is 2.24. The normalized spacial score (nSPS) is 11.3. The van der Waals surface area contributed by atoms with Crippen molar-refractivity contribution in [3.63, 3.8) is 0 Å². The SMILES string of the molecule is CC(C)C(=O)C(C)(C)NC(=O)c1cccc(-c2ccc(C(N)=O)cc2)c1. The molecule has 0 atom stereocenters. The first-order chi connectivity index (χ1) is 12.1. The predicted molar refractivity (Wildman–Crippen MR) is 102 cm³/mol. The Morgan fingerprint density at radius 1 is 0.923 bits per heavy atom. The molecule has 2 rings (SSSR count). The highest BCUT2D eigenvalue weighted by atomic mass is 16.2. The average molecular weight is 352 g/mol. The van der Waals surface area contributed by atoms with Crippen LogP contribution in [0.1, 0.15) is 48.4 Å². The topological polar surface area (TPSA) is 89.3 Å². The largest absolute Gasteiger partial charge is 0.366 e. The standard InChI is InChI=1S/C21H24N2O3/c1-13(2)18(24)21(3,4)23-20(26)17-7-5-6-16(12-17)14-8-10-15(11-9-14)19(22)25/h5-13H,1-4H3,(H2,22,25)(H,23,26). The van der Waals surface area contributed by atoms with Gasteiger partial charge in [0.1, 0.15) is 0 Å². The number of primary amides is 1. The minimum absolute atomic E-state index is 0.0240. The molecule has 2 amide bonds. The van der Waals surface area contributed by atoms with Crippen LogP contribution >= 0.6 is 0 Å². The van der Waals surface area contributed by atoms with Crippen molar-refractivity contribution in [2.45, 2.75) is 33.2 Å². The number of benzene rings is 2. The third-order valence-electron chi connectivity index (χ3n) is 4.19. The Morgan fingerprint density at radius 3 is 2.08 bits per heavy atom. The van der Waals surface area contributed by atoms with Crippen molar-refractivity contribution in [1.82, 2.24) is 5.32 Å². The van der Waals surface area contributed by atoms with E-state index in [1.54, 1.807) is 56.3 Å². The molecule has 0 saturated heterocycles. The molecule has 0 radical (unpaired) electrons. The molecule has 2 aromatic rings. The summed E-state index contributed by atoms with van der Waals surface area (Å²) in [5.41, 5.74) is 6.90. The average Bonchev–Trinajstić information content (AvgIpc) is 2.60. The second kappa shape index (κ2) is 7.52. The van der Waals surface area contributed by atoms with Gasteiger partial charge in [-0.1, -0.05) is 38.1 Å². The summed E-state index contributed by atoms with van der Waals surface area (Å²) in [5, 5.41) is 2.81. The van der Waals surface area contributed by atoms with Gasteiger partial charge in [0.2, 0.25) is 5.91 Å². The number of hydrogen-bond donors (Lipinski definition) is 2. The lowest BCUT2D eigenvalue weighted by Gasteiger charge is -2.26. The van der Waals surface area contributed by atoms with Crippen LogP contribution in [0.15, 0.2) is 48.5 Å². The number of Topliss-reactive ketones (excluding diaryl/α,β-unsaturated/α-hetero) is 1. The number of carbonyl (C=O) groups is 3. The van der Waals surface area contributed by atoms with Crippen LogP contribution in [0.25, 0.3) is 11.1 Å². The van der Waals surface area contributed by atoms with Gasteiger partial charge in [0.05, 0.1) is 5.54 Å². The molecule has 5 heteroatoms. The fraction of sp³-hybridized carbons (Fsp3) is 0.286. The van der Waals surface area contributed by atoms with E-state index >= 15 is 0 Å². The maximum atomic E-state index is 12.6. The van der Waals surface area contributed by atoms with E-state index in [-0.39, 0.29) is 17.6 Å². The summed E-state index contributed by atoms with van der Waals surface area (Å²) in [5.74, 6) is -0.981. The fourth-order valence-corrected chi connectivity index (χ4v) is 2.81. The van der Waals surface area contributed by atoms with Gasteiger partial charge in [0, 0.05) is 17.0 Å². The highest BCUT2D eigenvalue weighted by molar-refractivity contribution is 6.00. The summed E-state index contributed by atoms with van der Waals surface area (Å²) in [6, 6.07) is 14.0. The first-order valence-corrected chi connectivity index (χ1v) is 8.49. The fourth-order valence-electron chi connectivity index (χ4n) is 2.81. The Labute approximate surface area is 153 Å². The molecule has 0 fully saturated rings. The van der Waals surface area contributed by atoms with Crippen LogP contribution in [0.3, 0.4) is 0 Å². The molecule has 26 heavy (non-hydrogen) atoms. The molecule has 0 unspecified atom stereocenters. The van der Waals surface area contributed by atoms with E-state index in [0.717, 1.165) is 11.1 Å². The van der Waals surface area contributed by atoms with Gasteiger partial charge in [-0.25, -0.2) is 0 Å². The van der Waals surface area contributed by atoms with Gasteiger partial charge >= 0.3 is 0 Å². The third kappa shape index (κ3) is 4.36. The molecule has 0 aromatic heterocycles.